The number of hydrogen-bond acceptors (Lipinski definition) is 3. The smallest absolute Gasteiger partial charge is 0.340 e. The molecule has 1 aromatic rings. The Balaban J connectivity index is 0.00000121. The van der Waals surface area contributed by atoms with Crippen LogP contribution in [0.2, 0.25) is 0 Å². The zero-order valence-corrected chi connectivity index (χ0v) is 9.98. The molecule has 0 aromatic heterocycles. The Morgan fingerprint density at radius 2 is 1.92 bits per heavy atom. The molecule has 3 nitrogen and oxygen atoms in total. The fraction of sp³-hybridized carbons (Fsp3) is 0.125. The molecule has 0 atom stereocenters. The molecule has 12 heavy (non-hydrogen) atoms. The summed E-state index contributed by atoms with van der Waals surface area (Å²) in [4.78, 5) is 10.9. The molecule has 0 heterocycles. The van der Waals surface area contributed by atoms with E-state index in [9.17, 15) is 4.79 Å². The first-order valence-electron chi connectivity index (χ1n) is 3.17. The molecule has 4 heteroatoms. The van der Waals surface area contributed by atoms with E-state index in [0.717, 1.165) is 0 Å². The predicted molar refractivity (Wildman–Crippen MR) is 44.7 cm³/mol. The average Bonchev–Trinajstić information content (AvgIpc) is 2.07. The van der Waals surface area contributed by atoms with Crippen LogP contribution in [0.15, 0.2) is 30.3 Å². The quantitative estimate of drug-likeness (QED) is 0.418. The summed E-state index contributed by atoms with van der Waals surface area (Å²) in [5.74, 6) is -0.506. The van der Waals surface area contributed by atoms with Crippen LogP contribution in [0, 0.1) is 0 Å². The molecular formula is C8H8KO3. The van der Waals surface area contributed by atoms with Crippen LogP contribution in [-0.4, -0.2) is 69.3 Å². The van der Waals surface area contributed by atoms with Crippen molar-refractivity contribution in [2.24, 2.45) is 0 Å². The van der Waals surface area contributed by atoms with Crippen molar-refractivity contribution in [3.8, 4) is 0 Å². The summed E-state index contributed by atoms with van der Waals surface area (Å²) < 4.78 is 4.34. The summed E-state index contributed by atoms with van der Waals surface area (Å²) in [6.07, 6.45) is 0. The fourth-order valence-electron chi connectivity index (χ4n) is 0.716. The van der Waals surface area contributed by atoms with Crippen LogP contribution in [-0.2, 0) is 4.74 Å². The van der Waals surface area contributed by atoms with Crippen molar-refractivity contribution in [3.63, 3.8) is 0 Å². The average molecular weight is 191 g/mol. The second-order valence-electron chi connectivity index (χ2n) is 1.93. The van der Waals surface area contributed by atoms with E-state index in [1.165, 1.54) is 0 Å². The third kappa shape index (κ3) is 3.80. The van der Waals surface area contributed by atoms with E-state index >= 15 is 0 Å². The van der Waals surface area contributed by atoms with Gasteiger partial charge in [0.25, 0.3) is 0 Å². The van der Waals surface area contributed by atoms with Crippen molar-refractivity contribution in [3.05, 3.63) is 35.9 Å². The summed E-state index contributed by atoms with van der Waals surface area (Å²) in [5.41, 5.74) is 0.446. The van der Waals surface area contributed by atoms with Crippen molar-refractivity contribution in [1.82, 2.24) is 0 Å². The largest absolute Gasteiger partial charge is 0.435 e. The number of ether oxygens (including phenoxy) is 1. The molecule has 0 spiro atoms. The molecule has 0 aliphatic rings. The monoisotopic (exact) mass is 191 g/mol. The van der Waals surface area contributed by atoms with Gasteiger partial charge in [-0.15, -0.1) is 0 Å². The number of rotatable bonds is 2. The SMILES string of the molecule is O=C(OCO)c1ccccc1.[K]. The Labute approximate surface area is 113 Å². The van der Waals surface area contributed by atoms with E-state index in [0.29, 0.717) is 5.56 Å². The van der Waals surface area contributed by atoms with Crippen LogP contribution >= 0.6 is 0 Å². The van der Waals surface area contributed by atoms with Gasteiger partial charge in [-0.3, -0.25) is 0 Å². The van der Waals surface area contributed by atoms with Crippen LogP contribution in [0.4, 0.5) is 0 Å². The zero-order valence-electron chi connectivity index (χ0n) is 6.86. The number of aliphatic hydroxyl groups excluding tert-OH is 1. The van der Waals surface area contributed by atoms with Crippen molar-refractivity contribution >= 4 is 57.4 Å². The van der Waals surface area contributed by atoms with Crippen molar-refractivity contribution in [2.75, 3.05) is 6.79 Å². The van der Waals surface area contributed by atoms with Gasteiger partial charge in [0.2, 0.25) is 0 Å². The van der Waals surface area contributed by atoms with Crippen LogP contribution in [0.1, 0.15) is 10.4 Å². The number of carbonyl (C=O) groups excluding carboxylic acids is 1. The molecule has 0 saturated heterocycles. The number of aliphatic hydroxyl groups is 1. The molecule has 0 unspecified atom stereocenters. The first-order chi connectivity index (χ1) is 5.34. The van der Waals surface area contributed by atoms with Gasteiger partial charge >= 0.3 is 5.97 Å². The summed E-state index contributed by atoms with van der Waals surface area (Å²) in [5, 5.41) is 8.25. The zero-order chi connectivity index (χ0) is 8.10. The van der Waals surface area contributed by atoms with E-state index in [2.05, 4.69) is 4.74 Å². The number of benzene rings is 1. The molecule has 1 rings (SSSR count). The van der Waals surface area contributed by atoms with Crippen molar-refractivity contribution in [2.45, 2.75) is 0 Å². The van der Waals surface area contributed by atoms with Crippen LogP contribution < -0.4 is 0 Å². The summed E-state index contributed by atoms with van der Waals surface area (Å²) in [6.45, 7) is -0.576. The van der Waals surface area contributed by atoms with Gasteiger partial charge < -0.3 is 9.84 Å². The van der Waals surface area contributed by atoms with Gasteiger partial charge in [0, 0.05) is 51.4 Å². The molecule has 0 amide bonds. The second-order valence-corrected chi connectivity index (χ2v) is 1.93. The van der Waals surface area contributed by atoms with Crippen molar-refractivity contribution < 1.29 is 14.6 Å². The topological polar surface area (TPSA) is 46.5 Å². The maximum atomic E-state index is 10.9. The number of esters is 1. The Kier molecular flexibility index (Phi) is 6.93. The van der Waals surface area contributed by atoms with Gasteiger partial charge in [-0.2, -0.15) is 0 Å². The molecule has 1 aromatic carbocycles. The normalized spacial score (nSPS) is 8.42. The fourth-order valence-corrected chi connectivity index (χ4v) is 0.716. The van der Waals surface area contributed by atoms with E-state index in [4.69, 9.17) is 5.11 Å². The molecule has 0 aliphatic heterocycles. The first kappa shape index (κ1) is 12.3. The Hall–Kier alpha value is 0.286. The summed E-state index contributed by atoms with van der Waals surface area (Å²) in [7, 11) is 0. The molecule has 0 aliphatic carbocycles. The second kappa shape index (κ2) is 6.76. The van der Waals surface area contributed by atoms with E-state index < -0.39 is 12.8 Å². The third-order valence-electron chi connectivity index (χ3n) is 1.21. The van der Waals surface area contributed by atoms with Crippen LogP contribution in [0.25, 0.3) is 0 Å². The maximum Gasteiger partial charge on any atom is 0.340 e. The number of hydrogen-bond donors (Lipinski definition) is 1. The van der Waals surface area contributed by atoms with E-state index in [1.54, 1.807) is 30.3 Å². The Bertz CT molecular complexity index is 235. The summed E-state index contributed by atoms with van der Waals surface area (Å²) >= 11 is 0. The summed E-state index contributed by atoms with van der Waals surface area (Å²) in [6, 6.07) is 8.51. The molecule has 0 fully saturated rings. The molecule has 1 N–H and O–H groups in total. The minimum atomic E-state index is -0.576. The Morgan fingerprint density at radius 1 is 1.33 bits per heavy atom. The van der Waals surface area contributed by atoms with Crippen LogP contribution in [0.3, 0.4) is 0 Å². The van der Waals surface area contributed by atoms with Gasteiger partial charge in [0.1, 0.15) is 0 Å². The maximum absolute atomic E-state index is 10.9. The van der Waals surface area contributed by atoms with Crippen molar-refractivity contribution in [1.29, 1.82) is 0 Å². The van der Waals surface area contributed by atoms with Gasteiger partial charge in [-0.1, -0.05) is 18.2 Å². The standard InChI is InChI=1S/C8H8O3.K/c9-6-11-8(10)7-4-2-1-3-5-7;/h1-5,9H,6H2;. The number of carbonyl (C=O) groups is 1. The molecule has 0 saturated carbocycles. The molecular weight excluding hydrogens is 183 g/mol. The van der Waals surface area contributed by atoms with Crippen LogP contribution in [0.5, 0.6) is 0 Å². The molecule has 0 bridgehead atoms. The predicted octanol–water partition coefficient (Wildman–Crippen LogP) is 0.412. The first-order valence-corrected chi connectivity index (χ1v) is 3.17. The van der Waals surface area contributed by atoms with Gasteiger partial charge in [-0.05, 0) is 12.1 Å². The molecule has 59 valence electrons. The van der Waals surface area contributed by atoms with E-state index in [1.807, 2.05) is 0 Å². The van der Waals surface area contributed by atoms with Gasteiger partial charge in [0.05, 0.1) is 5.56 Å². The minimum Gasteiger partial charge on any atom is -0.435 e. The van der Waals surface area contributed by atoms with E-state index in [-0.39, 0.29) is 51.4 Å². The van der Waals surface area contributed by atoms with Gasteiger partial charge in [0.15, 0.2) is 6.79 Å². The third-order valence-corrected chi connectivity index (χ3v) is 1.21. The molecule has 1 radical (unpaired) electrons. The Morgan fingerprint density at radius 3 is 2.42 bits per heavy atom. The van der Waals surface area contributed by atoms with Gasteiger partial charge in [-0.25, -0.2) is 4.79 Å². The minimum absolute atomic E-state index is 0.